The molecule has 0 bridgehead atoms. The normalized spacial score (nSPS) is 32.4. The Morgan fingerprint density at radius 1 is 1.71 bits per heavy atom. The third-order valence-electron chi connectivity index (χ3n) is 3.30. The van der Waals surface area contributed by atoms with Crippen LogP contribution in [0.4, 0.5) is 0 Å². The van der Waals surface area contributed by atoms with Gasteiger partial charge in [0, 0.05) is 18.9 Å². The van der Waals surface area contributed by atoms with Crippen molar-refractivity contribution in [1.29, 1.82) is 0 Å². The molecule has 0 saturated heterocycles. The first-order valence-corrected chi connectivity index (χ1v) is 5.46. The number of imidazole rings is 1. The van der Waals surface area contributed by atoms with E-state index in [0.717, 1.165) is 31.1 Å². The Balaban J connectivity index is 2.30. The molecule has 1 aromatic rings. The molecule has 0 aromatic carbocycles. The zero-order chi connectivity index (χ0) is 10.2. The van der Waals surface area contributed by atoms with Gasteiger partial charge in [-0.3, -0.25) is 0 Å². The molecule has 1 fully saturated rings. The molecule has 1 aliphatic rings. The fourth-order valence-electron chi connectivity index (χ4n) is 2.53. The minimum Gasteiger partial charge on any atom is -0.334 e. The monoisotopic (exact) mass is 193 g/mol. The van der Waals surface area contributed by atoms with Gasteiger partial charge in [0.25, 0.3) is 0 Å². The molecule has 0 amide bonds. The summed E-state index contributed by atoms with van der Waals surface area (Å²) in [5.41, 5.74) is 6.24. The second kappa shape index (κ2) is 3.39. The van der Waals surface area contributed by atoms with Gasteiger partial charge in [-0.2, -0.15) is 0 Å². The van der Waals surface area contributed by atoms with E-state index in [1.54, 1.807) is 0 Å². The minimum atomic E-state index is -0.168. The average molecular weight is 193 g/mol. The summed E-state index contributed by atoms with van der Waals surface area (Å²) in [7, 11) is 0. The van der Waals surface area contributed by atoms with Gasteiger partial charge in [-0.05, 0) is 32.1 Å². The van der Waals surface area contributed by atoms with Crippen molar-refractivity contribution >= 4 is 0 Å². The number of rotatable bonds is 2. The smallest absolute Gasteiger partial charge is 0.128 e. The van der Waals surface area contributed by atoms with Crippen LogP contribution in [0.1, 0.15) is 38.9 Å². The topological polar surface area (TPSA) is 43.8 Å². The van der Waals surface area contributed by atoms with Crippen LogP contribution in [0.25, 0.3) is 0 Å². The molecular weight excluding hydrogens is 174 g/mol. The van der Waals surface area contributed by atoms with E-state index in [0.29, 0.717) is 0 Å². The Hall–Kier alpha value is -0.830. The number of aryl methyl sites for hydroxylation is 1. The molecule has 78 valence electrons. The first kappa shape index (κ1) is 9.71. The second-order valence-electron chi connectivity index (χ2n) is 4.54. The van der Waals surface area contributed by atoms with E-state index in [4.69, 9.17) is 5.73 Å². The molecule has 0 spiro atoms. The van der Waals surface area contributed by atoms with Gasteiger partial charge in [0.1, 0.15) is 5.82 Å². The van der Waals surface area contributed by atoms with Crippen molar-refractivity contribution in [2.24, 2.45) is 11.7 Å². The molecule has 0 aliphatic heterocycles. The van der Waals surface area contributed by atoms with Crippen LogP contribution in [0.3, 0.4) is 0 Å². The van der Waals surface area contributed by atoms with Gasteiger partial charge in [-0.1, -0.05) is 6.92 Å². The highest BCUT2D eigenvalue weighted by Crippen LogP contribution is 2.38. The molecule has 3 nitrogen and oxygen atoms in total. The molecule has 3 heteroatoms. The van der Waals surface area contributed by atoms with Gasteiger partial charge in [-0.15, -0.1) is 0 Å². The minimum absolute atomic E-state index is 0.168. The lowest BCUT2D eigenvalue weighted by atomic mass is 9.96. The Morgan fingerprint density at radius 3 is 3.07 bits per heavy atom. The van der Waals surface area contributed by atoms with Crippen LogP contribution in [0.5, 0.6) is 0 Å². The average Bonchev–Trinajstić information content (AvgIpc) is 2.73. The first-order chi connectivity index (χ1) is 6.65. The van der Waals surface area contributed by atoms with Crippen molar-refractivity contribution in [2.45, 2.75) is 45.2 Å². The van der Waals surface area contributed by atoms with Gasteiger partial charge in [0.2, 0.25) is 0 Å². The maximum Gasteiger partial charge on any atom is 0.128 e. The number of aromatic nitrogens is 2. The molecule has 1 heterocycles. The van der Waals surface area contributed by atoms with E-state index in [2.05, 4.69) is 23.4 Å². The summed E-state index contributed by atoms with van der Waals surface area (Å²) in [6.07, 6.45) is 7.26. The number of nitrogens with zero attached hydrogens (tertiary/aromatic N) is 2. The zero-order valence-electron chi connectivity index (χ0n) is 9.03. The third-order valence-corrected chi connectivity index (χ3v) is 3.30. The molecule has 1 aliphatic carbocycles. The van der Waals surface area contributed by atoms with Crippen LogP contribution in [-0.2, 0) is 12.1 Å². The van der Waals surface area contributed by atoms with Crippen molar-refractivity contribution in [1.82, 2.24) is 9.55 Å². The van der Waals surface area contributed by atoms with Crippen LogP contribution in [0.2, 0.25) is 0 Å². The Kier molecular flexibility index (Phi) is 2.35. The van der Waals surface area contributed by atoms with Crippen LogP contribution >= 0.6 is 0 Å². The molecule has 14 heavy (non-hydrogen) atoms. The largest absolute Gasteiger partial charge is 0.334 e. The van der Waals surface area contributed by atoms with Crippen LogP contribution < -0.4 is 5.73 Å². The number of hydrogen-bond acceptors (Lipinski definition) is 2. The summed E-state index contributed by atoms with van der Waals surface area (Å²) in [6, 6.07) is 0. The zero-order valence-corrected chi connectivity index (χ0v) is 9.03. The van der Waals surface area contributed by atoms with E-state index in [9.17, 15) is 0 Å². The first-order valence-electron chi connectivity index (χ1n) is 5.46. The van der Waals surface area contributed by atoms with E-state index >= 15 is 0 Å². The van der Waals surface area contributed by atoms with Crippen LogP contribution in [0, 0.1) is 5.92 Å². The summed E-state index contributed by atoms with van der Waals surface area (Å²) >= 11 is 0. The Bertz CT molecular complexity index is 318. The molecule has 1 aromatic heterocycles. The fourth-order valence-corrected chi connectivity index (χ4v) is 2.53. The molecule has 2 unspecified atom stereocenters. The van der Waals surface area contributed by atoms with Gasteiger partial charge < -0.3 is 10.3 Å². The summed E-state index contributed by atoms with van der Waals surface area (Å²) in [6.45, 7) is 5.36. The van der Waals surface area contributed by atoms with E-state index in [1.165, 1.54) is 6.42 Å². The van der Waals surface area contributed by atoms with Crippen molar-refractivity contribution in [3.05, 3.63) is 18.2 Å². The lowest BCUT2D eigenvalue weighted by Crippen LogP contribution is -2.36. The van der Waals surface area contributed by atoms with Gasteiger partial charge in [-0.25, -0.2) is 4.98 Å². The van der Waals surface area contributed by atoms with Gasteiger partial charge in [0.15, 0.2) is 0 Å². The summed E-state index contributed by atoms with van der Waals surface area (Å²) in [5.74, 6) is 1.81. The highest BCUT2D eigenvalue weighted by atomic mass is 15.1. The molecule has 2 rings (SSSR count). The molecule has 2 atom stereocenters. The summed E-state index contributed by atoms with van der Waals surface area (Å²) in [5, 5.41) is 0. The van der Waals surface area contributed by atoms with E-state index in [-0.39, 0.29) is 5.54 Å². The number of hydrogen-bond donors (Lipinski definition) is 1. The van der Waals surface area contributed by atoms with Gasteiger partial charge >= 0.3 is 0 Å². The van der Waals surface area contributed by atoms with Crippen LogP contribution in [0.15, 0.2) is 12.4 Å². The van der Waals surface area contributed by atoms with E-state index < -0.39 is 0 Å². The summed E-state index contributed by atoms with van der Waals surface area (Å²) in [4.78, 5) is 4.41. The van der Waals surface area contributed by atoms with Crippen molar-refractivity contribution in [3.8, 4) is 0 Å². The molecular formula is C11H19N3. The van der Waals surface area contributed by atoms with Crippen molar-refractivity contribution < 1.29 is 0 Å². The fraction of sp³-hybridized carbons (Fsp3) is 0.727. The second-order valence-corrected chi connectivity index (χ2v) is 4.54. The highest BCUT2D eigenvalue weighted by Gasteiger charge is 2.38. The van der Waals surface area contributed by atoms with Crippen LogP contribution in [-0.4, -0.2) is 9.55 Å². The predicted octanol–water partition coefficient (Wildman–Crippen LogP) is 1.88. The third kappa shape index (κ3) is 1.46. The lowest BCUT2D eigenvalue weighted by Gasteiger charge is -2.24. The maximum absolute atomic E-state index is 6.41. The maximum atomic E-state index is 6.41. The number of nitrogens with two attached hydrogens (primary N) is 1. The Morgan fingerprint density at radius 2 is 2.50 bits per heavy atom. The van der Waals surface area contributed by atoms with Gasteiger partial charge in [0.05, 0.1) is 5.54 Å². The quantitative estimate of drug-likeness (QED) is 0.779. The molecule has 1 saturated carbocycles. The van der Waals surface area contributed by atoms with Crippen molar-refractivity contribution in [2.75, 3.05) is 0 Å². The standard InChI is InChI=1S/C11H19N3/c1-3-14-7-6-13-10(14)11(12)5-4-9(2)8-11/h6-7,9H,3-5,8,12H2,1-2H3. The molecule has 2 N–H and O–H groups in total. The lowest BCUT2D eigenvalue weighted by molar-refractivity contribution is 0.395. The van der Waals surface area contributed by atoms with Crippen molar-refractivity contribution in [3.63, 3.8) is 0 Å². The van der Waals surface area contributed by atoms with E-state index in [1.807, 2.05) is 12.4 Å². The Labute approximate surface area is 85.3 Å². The molecule has 0 radical (unpaired) electrons. The highest BCUT2D eigenvalue weighted by molar-refractivity contribution is 5.10. The predicted molar refractivity (Wildman–Crippen MR) is 56.8 cm³/mol. The SMILES string of the molecule is CCn1ccnc1C1(N)CCC(C)C1. The summed E-state index contributed by atoms with van der Waals surface area (Å²) < 4.78 is 2.16.